The average molecular weight is 370 g/mol. The first-order valence-electron chi connectivity index (χ1n) is 8.29. The molecule has 2 aromatic rings. The van der Waals surface area contributed by atoms with Gasteiger partial charge in [0, 0.05) is 5.92 Å². The molecule has 132 valence electrons. The van der Waals surface area contributed by atoms with Gasteiger partial charge < -0.3 is 15.5 Å². The van der Waals surface area contributed by atoms with E-state index in [9.17, 15) is 14.7 Å². The maximum atomic E-state index is 11.4. The summed E-state index contributed by atoms with van der Waals surface area (Å²) in [4.78, 5) is 22.4. The molecule has 0 bridgehead atoms. The van der Waals surface area contributed by atoms with Gasteiger partial charge in [-0.15, -0.1) is 0 Å². The van der Waals surface area contributed by atoms with E-state index >= 15 is 0 Å². The standard InChI is InChI=1S/C20H16ClNO4/c21-16-9-12(20(25)26)8-15-13-2-1-3-14(13)17(22-18(15)16)10-4-6-11(7-5-10)19(23)24/h1-2,4-9,13-14,17,22H,3H2,(H,23,24)(H,25,26)/t13-,14+,17+/m1/s1. The summed E-state index contributed by atoms with van der Waals surface area (Å²) in [6.45, 7) is 0. The summed E-state index contributed by atoms with van der Waals surface area (Å²) in [6, 6.07) is 9.95. The summed E-state index contributed by atoms with van der Waals surface area (Å²) in [6.07, 6.45) is 5.06. The van der Waals surface area contributed by atoms with Crippen molar-refractivity contribution in [3.8, 4) is 0 Å². The second-order valence-electron chi connectivity index (χ2n) is 6.63. The smallest absolute Gasteiger partial charge is 0.335 e. The Hall–Kier alpha value is -2.79. The fraction of sp³-hybridized carbons (Fsp3) is 0.200. The number of carboxylic acid groups (broad SMARTS) is 2. The predicted octanol–water partition coefficient (Wildman–Crippen LogP) is 4.56. The number of carbonyl (C=O) groups is 2. The van der Waals surface area contributed by atoms with Gasteiger partial charge >= 0.3 is 11.9 Å². The van der Waals surface area contributed by atoms with Gasteiger partial charge in [-0.3, -0.25) is 0 Å². The van der Waals surface area contributed by atoms with Crippen LogP contribution in [0.4, 0.5) is 5.69 Å². The Morgan fingerprint density at radius 3 is 2.38 bits per heavy atom. The third-order valence-corrected chi connectivity index (χ3v) is 5.48. The van der Waals surface area contributed by atoms with Gasteiger partial charge in [-0.25, -0.2) is 9.59 Å². The molecule has 2 aromatic carbocycles. The van der Waals surface area contributed by atoms with Crippen LogP contribution in [0.3, 0.4) is 0 Å². The number of nitrogens with one attached hydrogen (secondary N) is 1. The first-order chi connectivity index (χ1) is 12.5. The van der Waals surface area contributed by atoms with Crippen LogP contribution in [0.5, 0.6) is 0 Å². The maximum Gasteiger partial charge on any atom is 0.335 e. The number of allylic oxidation sites excluding steroid dienone is 2. The zero-order valence-corrected chi connectivity index (χ0v) is 14.4. The molecule has 0 fully saturated rings. The summed E-state index contributed by atoms with van der Waals surface area (Å²) in [7, 11) is 0. The van der Waals surface area contributed by atoms with Gasteiger partial charge in [0.15, 0.2) is 0 Å². The fourth-order valence-corrected chi connectivity index (χ4v) is 4.22. The molecule has 0 amide bonds. The zero-order chi connectivity index (χ0) is 18.4. The van der Waals surface area contributed by atoms with Crippen LogP contribution < -0.4 is 5.32 Å². The van der Waals surface area contributed by atoms with Crippen LogP contribution in [0.25, 0.3) is 0 Å². The molecule has 3 atom stereocenters. The maximum absolute atomic E-state index is 11.4. The van der Waals surface area contributed by atoms with E-state index in [1.54, 1.807) is 18.2 Å². The van der Waals surface area contributed by atoms with Crippen molar-refractivity contribution in [1.29, 1.82) is 0 Å². The molecule has 1 heterocycles. The highest BCUT2D eigenvalue weighted by atomic mass is 35.5. The van der Waals surface area contributed by atoms with Crippen molar-refractivity contribution >= 4 is 29.2 Å². The second kappa shape index (κ2) is 6.18. The summed E-state index contributed by atoms with van der Waals surface area (Å²) >= 11 is 6.37. The first-order valence-corrected chi connectivity index (χ1v) is 8.66. The van der Waals surface area contributed by atoms with E-state index in [2.05, 4.69) is 17.5 Å². The molecule has 0 saturated carbocycles. The topological polar surface area (TPSA) is 86.6 Å². The Labute approximate surface area is 154 Å². The highest BCUT2D eigenvalue weighted by molar-refractivity contribution is 6.33. The molecule has 0 unspecified atom stereocenters. The van der Waals surface area contributed by atoms with Gasteiger partial charge in [-0.05, 0) is 47.7 Å². The lowest BCUT2D eigenvalue weighted by molar-refractivity contribution is 0.0686. The molecule has 1 aliphatic heterocycles. The Kier molecular flexibility index (Phi) is 3.96. The normalized spacial score (nSPS) is 23.0. The molecule has 4 rings (SSSR count). The minimum Gasteiger partial charge on any atom is -0.478 e. The molecule has 6 heteroatoms. The third-order valence-electron chi connectivity index (χ3n) is 5.18. The monoisotopic (exact) mass is 369 g/mol. The van der Waals surface area contributed by atoms with Crippen molar-refractivity contribution in [1.82, 2.24) is 0 Å². The van der Waals surface area contributed by atoms with Crippen LogP contribution in [0.15, 0.2) is 48.6 Å². The van der Waals surface area contributed by atoms with Crippen LogP contribution in [-0.2, 0) is 0 Å². The molecule has 2 aliphatic rings. The fourth-order valence-electron chi connectivity index (χ4n) is 3.94. The van der Waals surface area contributed by atoms with E-state index in [1.165, 1.54) is 6.07 Å². The molecule has 0 spiro atoms. The number of benzene rings is 2. The summed E-state index contributed by atoms with van der Waals surface area (Å²) in [5.41, 5.74) is 3.05. The van der Waals surface area contributed by atoms with E-state index in [0.717, 1.165) is 23.2 Å². The second-order valence-corrected chi connectivity index (χ2v) is 7.04. The van der Waals surface area contributed by atoms with Crippen molar-refractivity contribution in [2.45, 2.75) is 18.4 Å². The van der Waals surface area contributed by atoms with E-state index in [-0.39, 0.29) is 29.0 Å². The predicted molar refractivity (Wildman–Crippen MR) is 98.2 cm³/mol. The number of fused-ring (bicyclic) bond motifs is 3. The Balaban J connectivity index is 1.77. The van der Waals surface area contributed by atoms with Crippen LogP contribution in [-0.4, -0.2) is 22.2 Å². The number of aromatic carboxylic acids is 2. The molecule has 0 saturated heterocycles. The largest absolute Gasteiger partial charge is 0.478 e. The molecular formula is C20H16ClNO4. The number of carboxylic acids is 2. The number of hydrogen-bond acceptors (Lipinski definition) is 3. The molecular weight excluding hydrogens is 354 g/mol. The van der Waals surface area contributed by atoms with Gasteiger partial charge in [-0.1, -0.05) is 35.9 Å². The minimum absolute atomic E-state index is 0.0291. The van der Waals surface area contributed by atoms with Crippen molar-refractivity contribution in [3.05, 3.63) is 75.8 Å². The zero-order valence-electron chi connectivity index (χ0n) is 13.6. The van der Waals surface area contributed by atoms with E-state index in [0.29, 0.717) is 5.02 Å². The first kappa shape index (κ1) is 16.7. The van der Waals surface area contributed by atoms with Gasteiger partial charge in [0.1, 0.15) is 0 Å². The number of hydrogen-bond donors (Lipinski definition) is 3. The van der Waals surface area contributed by atoms with Gasteiger partial charge in [0.05, 0.1) is 27.9 Å². The van der Waals surface area contributed by atoms with Gasteiger partial charge in [0.2, 0.25) is 0 Å². The lowest BCUT2D eigenvalue weighted by Crippen LogP contribution is -2.29. The third kappa shape index (κ3) is 2.65. The number of halogens is 1. The van der Waals surface area contributed by atoms with Crippen molar-refractivity contribution < 1.29 is 19.8 Å². The van der Waals surface area contributed by atoms with Crippen molar-refractivity contribution in [3.63, 3.8) is 0 Å². The van der Waals surface area contributed by atoms with Gasteiger partial charge in [0.25, 0.3) is 0 Å². The number of anilines is 1. The lowest BCUT2D eigenvalue weighted by Gasteiger charge is -2.38. The van der Waals surface area contributed by atoms with Crippen LogP contribution >= 0.6 is 11.6 Å². The Bertz CT molecular complexity index is 936. The molecule has 5 nitrogen and oxygen atoms in total. The summed E-state index contributed by atoms with van der Waals surface area (Å²) < 4.78 is 0. The van der Waals surface area contributed by atoms with Crippen LogP contribution in [0.1, 0.15) is 50.2 Å². The van der Waals surface area contributed by atoms with E-state index < -0.39 is 11.9 Å². The minimum atomic E-state index is -1.00. The number of rotatable bonds is 3. The lowest BCUT2D eigenvalue weighted by atomic mass is 9.76. The summed E-state index contributed by atoms with van der Waals surface area (Å²) in [5, 5.41) is 22.2. The van der Waals surface area contributed by atoms with Gasteiger partial charge in [-0.2, -0.15) is 0 Å². The molecule has 0 aromatic heterocycles. The van der Waals surface area contributed by atoms with E-state index in [4.69, 9.17) is 16.7 Å². The Morgan fingerprint density at radius 1 is 1.04 bits per heavy atom. The average Bonchev–Trinajstić information content (AvgIpc) is 3.11. The molecule has 1 aliphatic carbocycles. The summed E-state index contributed by atoms with van der Waals surface area (Å²) in [5.74, 6) is -1.66. The highest BCUT2D eigenvalue weighted by Crippen LogP contribution is 2.51. The Morgan fingerprint density at radius 2 is 1.73 bits per heavy atom. The highest BCUT2D eigenvalue weighted by Gasteiger charge is 2.39. The quantitative estimate of drug-likeness (QED) is 0.690. The van der Waals surface area contributed by atoms with Crippen LogP contribution in [0, 0.1) is 5.92 Å². The van der Waals surface area contributed by atoms with E-state index in [1.807, 2.05) is 12.1 Å². The van der Waals surface area contributed by atoms with Crippen molar-refractivity contribution in [2.24, 2.45) is 5.92 Å². The molecule has 0 radical (unpaired) electrons. The van der Waals surface area contributed by atoms with Crippen LogP contribution in [0.2, 0.25) is 5.02 Å². The SMILES string of the molecule is O=C(O)c1ccc([C@@H]2Nc3c(Cl)cc(C(=O)O)cc3[C@@H]3C=CC[C@@H]32)cc1. The molecule has 3 N–H and O–H groups in total. The molecule has 26 heavy (non-hydrogen) atoms. The van der Waals surface area contributed by atoms with Crippen molar-refractivity contribution in [2.75, 3.05) is 5.32 Å².